The van der Waals surface area contributed by atoms with E-state index in [1.54, 1.807) is 13.2 Å². The average Bonchev–Trinajstić information content (AvgIpc) is 2.28. The first-order valence-electron chi connectivity index (χ1n) is 5.14. The van der Waals surface area contributed by atoms with E-state index in [0.717, 1.165) is 0 Å². The molecular formula is C10H16Cl2N4O. The summed E-state index contributed by atoms with van der Waals surface area (Å²) in [5, 5.41) is 3.96. The fourth-order valence-electron chi connectivity index (χ4n) is 1.31. The maximum Gasteiger partial charge on any atom is 0.161 e. The summed E-state index contributed by atoms with van der Waals surface area (Å²) < 4.78 is 5.04. The second kappa shape index (κ2) is 6.86. The first-order valence-corrected chi connectivity index (χ1v) is 5.89. The number of pyridine rings is 1. The fraction of sp³-hybridized carbons (Fsp3) is 0.500. The topological polar surface area (TPSA) is 72.2 Å². The normalized spacial score (nSPS) is 12.3. The Balaban J connectivity index is 2.70. The van der Waals surface area contributed by atoms with Crippen LogP contribution in [0.15, 0.2) is 6.07 Å². The van der Waals surface area contributed by atoms with Gasteiger partial charge >= 0.3 is 0 Å². The minimum Gasteiger partial charge on any atom is -0.384 e. The van der Waals surface area contributed by atoms with Crippen molar-refractivity contribution in [2.24, 2.45) is 11.8 Å². The van der Waals surface area contributed by atoms with Gasteiger partial charge in [0, 0.05) is 13.7 Å². The lowest BCUT2D eigenvalue weighted by atomic mass is 10.2. The Bertz CT molecular complexity index is 376. The van der Waals surface area contributed by atoms with Crippen LogP contribution in [0.2, 0.25) is 10.0 Å². The molecule has 1 unspecified atom stereocenters. The SMILES string of the molecule is COCC(C)CNc1nc(NN)c(Cl)cc1Cl. The lowest BCUT2D eigenvalue weighted by Gasteiger charge is -2.14. The van der Waals surface area contributed by atoms with Gasteiger partial charge in [-0.15, -0.1) is 0 Å². The molecule has 0 saturated carbocycles. The molecule has 0 aliphatic rings. The van der Waals surface area contributed by atoms with Gasteiger partial charge in [0.25, 0.3) is 0 Å². The molecule has 5 nitrogen and oxygen atoms in total. The lowest BCUT2D eigenvalue weighted by Crippen LogP contribution is -2.17. The molecule has 0 aromatic carbocycles. The first kappa shape index (κ1) is 14.3. The Kier molecular flexibility index (Phi) is 5.77. The van der Waals surface area contributed by atoms with Gasteiger partial charge in [0.05, 0.1) is 16.7 Å². The molecule has 1 aromatic heterocycles. The van der Waals surface area contributed by atoms with Crippen LogP contribution in [-0.4, -0.2) is 25.2 Å². The van der Waals surface area contributed by atoms with Crippen LogP contribution in [0.3, 0.4) is 0 Å². The molecular weight excluding hydrogens is 263 g/mol. The number of nitrogens with one attached hydrogen (secondary N) is 2. The lowest BCUT2D eigenvalue weighted by molar-refractivity contribution is 0.164. The number of nitrogen functional groups attached to an aromatic ring is 1. The van der Waals surface area contributed by atoms with Gasteiger partial charge in [0.2, 0.25) is 0 Å². The standard InChI is InChI=1S/C10H16Cl2N4O/c1-6(5-17-2)4-14-9-7(11)3-8(12)10(15-9)16-13/h3,6H,4-5,13H2,1-2H3,(H2,14,15,16). The third-order valence-corrected chi connectivity index (χ3v) is 2.71. The maximum absolute atomic E-state index is 6.01. The van der Waals surface area contributed by atoms with Crippen molar-refractivity contribution in [3.05, 3.63) is 16.1 Å². The molecule has 7 heteroatoms. The van der Waals surface area contributed by atoms with Gasteiger partial charge < -0.3 is 15.5 Å². The van der Waals surface area contributed by atoms with Gasteiger partial charge in [-0.1, -0.05) is 30.1 Å². The Hall–Kier alpha value is -0.750. The van der Waals surface area contributed by atoms with Crippen LogP contribution < -0.4 is 16.6 Å². The van der Waals surface area contributed by atoms with Crippen molar-refractivity contribution in [3.8, 4) is 0 Å². The van der Waals surface area contributed by atoms with Crippen LogP contribution >= 0.6 is 23.2 Å². The van der Waals surface area contributed by atoms with E-state index in [1.165, 1.54) is 0 Å². The predicted molar refractivity (Wildman–Crippen MR) is 71.6 cm³/mol. The molecule has 0 aliphatic carbocycles. The third kappa shape index (κ3) is 4.20. The van der Waals surface area contributed by atoms with Crippen LogP contribution in [0.1, 0.15) is 6.92 Å². The molecule has 0 aliphatic heterocycles. The van der Waals surface area contributed by atoms with Crippen molar-refractivity contribution in [3.63, 3.8) is 0 Å². The Labute approximate surface area is 111 Å². The maximum atomic E-state index is 6.01. The van der Waals surface area contributed by atoms with E-state index >= 15 is 0 Å². The second-order valence-corrected chi connectivity index (χ2v) is 4.55. The highest BCUT2D eigenvalue weighted by atomic mass is 35.5. The molecule has 17 heavy (non-hydrogen) atoms. The summed E-state index contributed by atoms with van der Waals surface area (Å²) in [6.45, 7) is 3.43. The van der Waals surface area contributed by atoms with E-state index in [4.69, 9.17) is 33.8 Å². The summed E-state index contributed by atoms with van der Waals surface area (Å²) in [4.78, 5) is 4.17. The van der Waals surface area contributed by atoms with Crippen molar-refractivity contribution >= 4 is 34.8 Å². The van der Waals surface area contributed by atoms with E-state index in [2.05, 4.69) is 22.7 Å². The number of methoxy groups -OCH3 is 1. The minimum absolute atomic E-state index is 0.350. The Morgan fingerprint density at radius 1 is 1.41 bits per heavy atom. The molecule has 96 valence electrons. The smallest absolute Gasteiger partial charge is 0.161 e. The molecule has 1 heterocycles. The zero-order valence-corrected chi connectivity index (χ0v) is 11.3. The summed E-state index contributed by atoms with van der Waals surface area (Å²) in [5.41, 5.74) is 2.41. The molecule has 4 N–H and O–H groups in total. The number of rotatable bonds is 6. The zero-order chi connectivity index (χ0) is 12.8. The Morgan fingerprint density at radius 3 is 2.65 bits per heavy atom. The summed E-state index contributed by atoms with van der Waals surface area (Å²) in [5.74, 6) is 6.57. The molecule has 0 fully saturated rings. The third-order valence-electron chi connectivity index (χ3n) is 2.14. The summed E-state index contributed by atoms with van der Waals surface area (Å²) in [6, 6.07) is 1.59. The highest BCUT2D eigenvalue weighted by molar-refractivity contribution is 6.37. The molecule has 1 aromatic rings. The average molecular weight is 279 g/mol. The highest BCUT2D eigenvalue weighted by Gasteiger charge is 2.09. The summed E-state index contributed by atoms with van der Waals surface area (Å²) in [7, 11) is 1.67. The van der Waals surface area contributed by atoms with Crippen molar-refractivity contribution in [1.29, 1.82) is 0 Å². The van der Waals surface area contributed by atoms with Crippen LogP contribution in [0.5, 0.6) is 0 Å². The number of nitrogens with zero attached hydrogens (tertiary/aromatic N) is 1. The molecule has 1 rings (SSSR count). The van der Waals surface area contributed by atoms with Crippen molar-refractivity contribution in [2.45, 2.75) is 6.92 Å². The van der Waals surface area contributed by atoms with Crippen LogP contribution in [0.4, 0.5) is 11.6 Å². The van der Waals surface area contributed by atoms with Gasteiger partial charge in [-0.25, -0.2) is 10.8 Å². The van der Waals surface area contributed by atoms with Crippen LogP contribution in [0.25, 0.3) is 0 Å². The van der Waals surface area contributed by atoms with E-state index in [9.17, 15) is 0 Å². The van der Waals surface area contributed by atoms with E-state index in [1.807, 2.05) is 0 Å². The first-order chi connectivity index (χ1) is 8.08. The van der Waals surface area contributed by atoms with Gasteiger partial charge in [0.15, 0.2) is 5.82 Å². The van der Waals surface area contributed by atoms with E-state index in [-0.39, 0.29) is 0 Å². The largest absolute Gasteiger partial charge is 0.384 e. The molecule has 0 radical (unpaired) electrons. The quantitative estimate of drug-likeness (QED) is 0.551. The zero-order valence-electron chi connectivity index (χ0n) is 9.76. The van der Waals surface area contributed by atoms with Gasteiger partial charge in [-0.2, -0.15) is 0 Å². The molecule has 0 amide bonds. The number of hydrogen-bond donors (Lipinski definition) is 3. The number of anilines is 2. The highest BCUT2D eigenvalue weighted by Crippen LogP contribution is 2.28. The van der Waals surface area contributed by atoms with E-state index in [0.29, 0.717) is 40.8 Å². The van der Waals surface area contributed by atoms with Gasteiger partial charge in [-0.05, 0) is 12.0 Å². The number of nitrogens with two attached hydrogens (primary N) is 1. The summed E-state index contributed by atoms with van der Waals surface area (Å²) >= 11 is 11.9. The van der Waals surface area contributed by atoms with Crippen LogP contribution in [-0.2, 0) is 4.74 Å². The number of halogens is 2. The molecule has 0 saturated heterocycles. The van der Waals surface area contributed by atoms with Crippen molar-refractivity contribution in [1.82, 2.24) is 4.98 Å². The number of aromatic nitrogens is 1. The number of hydrogen-bond acceptors (Lipinski definition) is 5. The second-order valence-electron chi connectivity index (χ2n) is 3.73. The Morgan fingerprint density at radius 2 is 2.06 bits per heavy atom. The van der Waals surface area contributed by atoms with Crippen molar-refractivity contribution in [2.75, 3.05) is 31.0 Å². The fourth-order valence-corrected chi connectivity index (χ4v) is 1.79. The van der Waals surface area contributed by atoms with Gasteiger partial charge in [0.1, 0.15) is 5.82 Å². The minimum atomic E-state index is 0.350. The van der Waals surface area contributed by atoms with Crippen LogP contribution in [0, 0.1) is 5.92 Å². The number of ether oxygens (including phenoxy) is 1. The predicted octanol–water partition coefficient (Wildman–Crippen LogP) is 2.37. The molecule has 1 atom stereocenters. The van der Waals surface area contributed by atoms with Gasteiger partial charge in [-0.3, -0.25) is 0 Å². The monoisotopic (exact) mass is 278 g/mol. The molecule has 0 spiro atoms. The van der Waals surface area contributed by atoms with Crippen molar-refractivity contribution < 1.29 is 4.74 Å². The van der Waals surface area contributed by atoms with E-state index < -0.39 is 0 Å². The molecule has 0 bridgehead atoms. The number of hydrazine groups is 1. The summed E-state index contributed by atoms with van der Waals surface area (Å²) in [6.07, 6.45) is 0.